The normalized spacial score (nSPS) is 11.2. The van der Waals surface area contributed by atoms with E-state index in [0.717, 1.165) is 4.57 Å². The minimum Gasteiger partial charge on any atom is -0.461 e. The lowest BCUT2D eigenvalue weighted by Gasteiger charge is -2.07. The summed E-state index contributed by atoms with van der Waals surface area (Å²) in [6.07, 6.45) is 2.88. The Morgan fingerprint density at radius 2 is 2.04 bits per heavy atom. The summed E-state index contributed by atoms with van der Waals surface area (Å²) >= 11 is 0. The first-order valence-electron chi connectivity index (χ1n) is 8.32. The molecule has 1 amide bonds. The zero-order chi connectivity index (χ0) is 19.8. The Morgan fingerprint density at radius 1 is 1.21 bits per heavy atom. The second kappa shape index (κ2) is 6.68. The number of hydrogen-bond acceptors (Lipinski definition) is 7. The number of nitrogens with zero attached hydrogens (tertiary/aromatic N) is 5. The average molecular weight is 384 g/mol. The van der Waals surface area contributed by atoms with Gasteiger partial charge in [-0.2, -0.15) is 0 Å². The van der Waals surface area contributed by atoms with Crippen LogP contribution in [0.15, 0.2) is 49.3 Å². The van der Waals surface area contributed by atoms with Crippen LogP contribution in [0, 0.1) is 0 Å². The fourth-order valence-corrected chi connectivity index (χ4v) is 2.85. The van der Waals surface area contributed by atoms with E-state index in [1.54, 1.807) is 18.2 Å². The van der Waals surface area contributed by atoms with Gasteiger partial charge in [-0.25, -0.2) is 9.78 Å². The van der Waals surface area contributed by atoms with Gasteiger partial charge in [0.15, 0.2) is 16.9 Å². The summed E-state index contributed by atoms with van der Waals surface area (Å²) < 4.78 is 14.0. The quantitative estimate of drug-likeness (QED) is 0.512. The lowest BCUT2D eigenvalue weighted by molar-refractivity contribution is -0.121. The second-order valence-electron chi connectivity index (χ2n) is 6.19. The lowest BCUT2D eigenvalue weighted by Crippen LogP contribution is -2.38. The Kier molecular flexibility index (Phi) is 4.18. The van der Waals surface area contributed by atoms with E-state index in [9.17, 15) is 14.4 Å². The van der Waals surface area contributed by atoms with Crippen LogP contribution in [0.2, 0.25) is 0 Å². The number of furan rings is 1. The smallest absolute Gasteiger partial charge is 0.332 e. The number of aryl methyl sites for hydroxylation is 1. The van der Waals surface area contributed by atoms with Gasteiger partial charge in [0.1, 0.15) is 12.2 Å². The molecule has 0 fully saturated rings. The van der Waals surface area contributed by atoms with Gasteiger partial charge in [0.05, 0.1) is 19.1 Å². The molecule has 4 heterocycles. The first kappa shape index (κ1) is 17.5. The van der Waals surface area contributed by atoms with Gasteiger partial charge in [-0.15, -0.1) is 0 Å². The van der Waals surface area contributed by atoms with Crippen molar-refractivity contribution in [3.63, 3.8) is 0 Å². The molecule has 0 radical (unpaired) electrons. The minimum absolute atomic E-state index is 0.132. The molecule has 0 atom stereocenters. The Bertz CT molecular complexity index is 1270. The molecule has 0 aromatic carbocycles. The van der Waals surface area contributed by atoms with Gasteiger partial charge in [0.2, 0.25) is 11.7 Å². The molecule has 0 bridgehead atoms. The largest absolute Gasteiger partial charge is 0.461 e. The van der Waals surface area contributed by atoms with E-state index < -0.39 is 11.2 Å². The second-order valence-corrected chi connectivity index (χ2v) is 6.19. The molecule has 28 heavy (non-hydrogen) atoms. The zero-order valence-electron chi connectivity index (χ0n) is 15.1. The Balaban J connectivity index is 1.49. The summed E-state index contributed by atoms with van der Waals surface area (Å²) in [5.41, 5.74) is -0.0658. The van der Waals surface area contributed by atoms with Crippen molar-refractivity contribution in [3.8, 4) is 11.5 Å². The molecule has 0 saturated carbocycles. The van der Waals surface area contributed by atoms with Crippen molar-refractivity contribution in [2.24, 2.45) is 14.1 Å². The molecular weight excluding hydrogens is 368 g/mol. The maximum Gasteiger partial charge on any atom is 0.332 e. The Labute approximate surface area is 156 Å². The first-order chi connectivity index (χ1) is 13.5. The summed E-state index contributed by atoms with van der Waals surface area (Å²) in [5.74, 6) is 0.647. The molecule has 0 unspecified atom stereocenters. The van der Waals surface area contributed by atoms with Crippen molar-refractivity contribution in [2.75, 3.05) is 0 Å². The molecule has 0 saturated heterocycles. The van der Waals surface area contributed by atoms with Gasteiger partial charge in [-0.05, 0) is 12.1 Å². The highest BCUT2D eigenvalue weighted by Crippen LogP contribution is 2.20. The maximum atomic E-state index is 12.4. The lowest BCUT2D eigenvalue weighted by atomic mass is 10.3. The van der Waals surface area contributed by atoms with Gasteiger partial charge < -0.3 is 18.8 Å². The van der Waals surface area contributed by atoms with Crippen LogP contribution >= 0.6 is 0 Å². The maximum absolute atomic E-state index is 12.4. The molecule has 144 valence electrons. The topological polar surface area (TPSA) is 130 Å². The predicted octanol–water partition coefficient (Wildman–Crippen LogP) is -0.00190. The molecular formula is C17H16N6O5. The highest BCUT2D eigenvalue weighted by atomic mass is 16.5. The first-order valence-corrected chi connectivity index (χ1v) is 8.32. The van der Waals surface area contributed by atoms with E-state index in [0.29, 0.717) is 17.2 Å². The van der Waals surface area contributed by atoms with E-state index in [4.69, 9.17) is 8.94 Å². The predicted molar refractivity (Wildman–Crippen MR) is 96.3 cm³/mol. The molecule has 4 aromatic heterocycles. The summed E-state index contributed by atoms with van der Waals surface area (Å²) in [4.78, 5) is 40.7. The number of carbonyl (C=O) groups excluding carboxylic acids is 1. The van der Waals surface area contributed by atoms with Crippen LogP contribution < -0.4 is 16.6 Å². The van der Waals surface area contributed by atoms with Gasteiger partial charge in [-0.1, -0.05) is 5.16 Å². The van der Waals surface area contributed by atoms with Gasteiger partial charge in [0, 0.05) is 20.2 Å². The van der Waals surface area contributed by atoms with Crippen LogP contribution in [0.25, 0.3) is 22.7 Å². The molecule has 0 aliphatic rings. The third-order valence-corrected chi connectivity index (χ3v) is 4.32. The van der Waals surface area contributed by atoms with E-state index in [1.807, 2.05) is 0 Å². The molecule has 4 aromatic rings. The van der Waals surface area contributed by atoms with Crippen LogP contribution in [-0.4, -0.2) is 29.7 Å². The SMILES string of the molecule is Cn1c(=O)c2c(ncn2CC(=O)NCc2cc(-c3ccco3)on2)n(C)c1=O. The number of amides is 1. The minimum atomic E-state index is -0.511. The molecule has 0 aliphatic heterocycles. The number of aromatic nitrogens is 5. The van der Waals surface area contributed by atoms with Crippen LogP contribution in [0.5, 0.6) is 0 Å². The number of nitrogens with one attached hydrogen (secondary N) is 1. The van der Waals surface area contributed by atoms with Crippen LogP contribution in [-0.2, 0) is 32.0 Å². The summed E-state index contributed by atoms with van der Waals surface area (Å²) in [6.45, 7) is 0.0129. The van der Waals surface area contributed by atoms with Crippen LogP contribution in [0.1, 0.15) is 5.69 Å². The van der Waals surface area contributed by atoms with Crippen molar-refractivity contribution in [1.82, 2.24) is 29.2 Å². The number of fused-ring (bicyclic) bond motifs is 1. The van der Waals surface area contributed by atoms with E-state index in [-0.39, 0.29) is 30.2 Å². The standard InChI is InChI=1S/C17H16N6O5/c1-21-15-14(16(25)22(2)17(21)26)23(9-19-15)8-13(24)18-7-10-6-12(28-20-10)11-4-3-5-27-11/h3-6,9H,7-8H2,1-2H3,(H,18,24). The average Bonchev–Trinajstić information content (AvgIpc) is 3.43. The monoisotopic (exact) mass is 384 g/mol. The molecule has 11 heteroatoms. The van der Waals surface area contributed by atoms with E-state index in [2.05, 4.69) is 15.5 Å². The van der Waals surface area contributed by atoms with Crippen molar-refractivity contribution < 1.29 is 13.7 Å². The summed E-state index contributed by atoms with van der Waals surface area (Å²) in [7, 11) is 2.89. The Morgan fingerprint density at radius 3 is 2.79 bits per heavy atom. The fourth-order valence-electron chi connectivity index (χ4n) is 2.85. The molecule has 0 aliphatic carbocycles. The van der Waals surface area contributed by atoms with Crippen molar-refractivity contribution in [2.45, 2.75) is 13.1 Å². The zero-order valence-corrected chi connectivity index (χ0v) is 15.1. The van der Waals surface area contributed by atoms with E-state index >= 15 is 0 Å². The third kappa shape index (κ3) is 2.92. The van der Waals surface area contributed by atoms with Gasteiger partial charge in [0.25, 0.3) is 5.56 Å². The third-order valence-electron chi connectivity index (χ3n) is 4.32. The van der Waals surface area contributed by atoms with Crippen molar-refractivity contribution >= 4 is 17.1 Å². The van der Waals surface area contributed by atoms with Crippen LogP contribution in [0.4, 0.5) is 0 Å². The van der Waals surface area contributed by atoms with E-state index in [1.165, 1.54) is 35.8 Å². The fraction of sp³-hybridized carbons (Fsp3) is 0.235. The molecule has 11 nitrogen and oxygen atoms in total. The Hall–Kier alpha value is -3.89. The number of carbonyl (C=O) groups is 1. The molecule has 0 spiro atoms. The number of imidazole rings is 1. The highest BCUT2D eigenvalue weighted by molar-refractivity contribution is 5.78. The summed E-state index contributed by atoms with van der Waals surface area (Å²) in [5, 5.41) is 6.58. The van der Waals surface area contributed by atoms with Gasteiger partial charge in [-0.3, -0.25) is 18.7 Å². The van der Waals surface area contributed by atoms with Crippen molar-refractivity contribution in [1.29, 1.82) is 0 Å². The van der Waals surface area contributed by atoms with Gasteiger partial charge >= 0.3 is 5.69 Å². The number of rotatable bonds is 5. The number of hydrogen-bond donors (Lipinski definition) is 1. The summed E-state index contributed by atoms with van der Waals surface area (Å²) in [6, 6.07) is 5.13. The molecule has 4 rings (SSSR count). The highest BCUT2D eigenvalue weighted by Gasteiger charge is 2.16. The van der Waals surface area contributed by atoms with Crippen LogP contribution in [0.3, 0.4) is 0 Å². The van der Waals surface area contributed by atoms with Crippen molar-refractivity contribution in [3.05, 3.63) is 57.3 Å². The molecule has 1 N–H and O–H groups in total.